The maximum atomic E-state index is 15.1. The fourth-order valence-corrected chi connectivity index (χ4v) is 4.03. The zero-order valence-corrected chi connectivity index (χ0v) is 18.6. The number of fused-ring (bicyclic) bond motifs is 2. The van der Waals surface area contributed by atoms with Gasteiger partial charge in [-0.1, -0.05) is 12.1 Å². The molecule has 0 saturated heterocycles. The molecule has 8 nitrogen and oxygen atoms in total. The van der Waals surface area contributed by atoms with Gasteiger partial charge in [-0.15, -0.1) is 0 Å². The number of hydrogen-bond donors (Lipinski definition) is 3. The first-order chi connectivity index (χ1) is 16.6. The highest BCUT2D eigenvalue weighted by Gasteiger charge is 2.21. The summed E-state index contributed by atoms with van der Waals surface area (Å²) in [6.45, 7) is 0.272. The molecule has 0 atom stereocenters. The van der Waals surface area contributed by atoms with Crippen molar-refractivity contribution in [2.24, 2.45) is 0 Å². The van der Waals surface area contributed by atoms with Crippen LogP contribution in [0.2, 0.25) is 0 Å². The molecule has 1 aliphatic heterocycles. The number of para-hydroxylation sites is 2. The molecule has 5 rings (SSSR count). The molecule has 3 N–H and O–H groups in total. The number of benzene rings is 2. The molecule has 2 aromatic heterocycles. The van der Waals surface area contributed by atoms with Crippen LogP contribution in [0.25, 0.3) is 11.0 Å². The number of rotatable bonds is 7. The molecule has 1 aliphatic rings. The fourth-order valence-electron chi connectivity index (χ4n) is 4.03. The van der Waals surface area contributed by atoms with Crippen LogP contribution in [-0.2, 0) is 11.2 Å². The summed E-state index contributed by atoms with van der Waals surface area (Å²) in [5, 5.41) is 7.36. The van der Waals surface area contributed by atoms with Gasteiger partial charge >= 0.3 is 5.97 Å². The third kappa shape index (κ3) is 4.07. The second-order valence-corrected chi connectivity index (χ2v) is 7.89. The first-order valence-corrected chi connectivity index (χ1v) is 10.7. The Bertz CT molecular complexity index is 1350. The van der Waals surface area contributed by atoms with Gasteiger partial charge in [-0.05, 0) is 35.4 Å². The number of nitrogens with zero attached hydrogens (tertiary/aromatic N) is 1. The standard InChI is InChI=1S/C25H23FN4O4/c1-32-21-9-14(7-15-11-27-24-17(15)8-16(12-28-24)25(31)33-2)18(26)10-22(21)34-13-23-29-19-5-3-4-6-20(19)30-23/h3-6,8-12,23,29-30H,7,13H2,1-2H3,(H,27,28). The first-order valence-electron chi connectivity index (χ1n) is 10.7. The predicted molar refractivity (Wildman–Crippen MR) is 126 cm³/mol. The Morgan fingerprint density at radius 2 is 1.82 bits per heavy atom. The number of ether oxygens (including phenoxy) is 3. The Morgan fingerprint density at radius 1 is 1.06 bits per heavy atom. The molecule has 0 unspecified atom stereocenters. The molecule has 0 spiro atoms. The maximum Gasteiger partial charge on any atom is 0.339 e. The highest BCUT2D eigenvalue weighted by molar-refractivity contribution is 5.94. The third-order valence-corrected chi connectivity index (χ3v) is 5.74. The number of H-pyrrole nitrogens is 1. The normalized spacial score (nSPS) is 12.7. The summed E-state index contributed by atoms with van der Waals surface area (Å²) >= 11 is 0. The number of hydrogen-bond acceptors (Lipinski definition) is 7. The molecule has 0 aliphatic carbocycles. The summed E-state index contributed by atoms with van der Waals surface area (Å²) in [5.41, 5.74) is 4.14. The molecule has 2 aromatic carbocycles. The van der Waals surface area contributed by atoms with E-state index < -0.39 is 11.8 Å². The summed E-state index contributed by atoms with van der Waals surface area (Å²) in [7, 11) is 2.83. The number of halogens is 1. The number of anilines is 2. The Kier molecular flexibility index (Phi) is 5.67. The molecule has 174 valence electrons. The van der Waals surface area contributed by atoms with E-state index in [-0.39, 0.29) is 19.2 Å². The molecule has 0 fully saturated rings. The second-order valence-electron chi connectivity index (χ2n) is 7.89. The van der Waals surface area contributed by atoms with Gasteiger partial charge in [0.05, 0.1) is 31.2 Å². The maximum absolute atomic E-state index is 15.1. The number of methoxy groups -OCH3 is 2. The van der Waals surface area contributed by atoms with Gasteiger partial charge in [-0.3, -0.25) is 0 Å². The summed E-state index contributed by atoms with van der Waals surface area (Å²) in [6, 6.07) is 12.5. The van der Waals surface area contributed by atoms with Crippen LogP contribution in [0, 0.1) is 5.82 Å². The highest BCUT2D eigenvalue weighted by atomic mass is 19.1. The molecule has 0 amide bonds. The van der Waals surface area contributed by atoms with Crippen LogP contribution in [0.4, 0.5) is 15.8 Å². The van der Waals surface area contributed by atoms with Crippen LogP contribution in [0.1, 0.15) is 21.5 Å². The largest absolute Gasteiger partial charge is 0.493 e. The van der Waals surface area contributed by atoms with E-state index in [1.807, 2.05) is 24.3 Å². The lowest BCUT2D eigenvalue weighted by molar-refractivity contribution is 0.0600. The summed E-state index contributed by atoms with van der Waals surface area (Å²) in [6.07, 6.45) is 3.32. The Morgan fingerprint density at radius 3 is 2.53 bits per heavy atom. The van der Waals surface area contributed by atoms with Gasteiger partial charge in [0.15, 0.2) is 11.5 Å². The second kappa shape index (κ2) is 8.93. The number of aromatic amines is 1. The molecule has 0 bridgehead atoms. The van der Waals surface area contributed by atoms with Crippen molar-refractivity contribution in [2.45, 2.75) is 12.6 Å². The Labute approximate surface area is 195 Å². The van der Waals surface area contributed by atoms with Gasteiger partial charge in [0, 0.05) is 30.3 Å². The lowest BCUT2D eigenvalue weighted by atomic mass is 10.0. The number of aromatic nitrogens is 2. The summed E-state index contributed by atoms with van der Waals surface area (Å²) in [4.78, 5) is 19.2. The summed E-state index contributed by atoms with van der Waals surface area (Å²) in [5.74, 6) is -0.153. The lowest BCUT2D eigenvalue weighted by Crippen LogP contribution is -2.29. The van der Waals surface area contributed by atoms with E-state index in [0.29, 0.717) is 28.3 Å². The van der Waals surface area contributed by atoms with E-state index in [0.717, 1.165) is 22.3 Å². The molecule has 3 heterocycles. The average molecular weight is 462 g/mol. The van der Waals surface area contributed by atoms with Crippen molar-refractivity contribution in [3.8, 4) is 11.5 Å². The van der Waals surface area contributed by atoms with E-state index in [9.17, 15) is 4.79 Å². The van der Waals surface area contributed by atoms with Crippen molar-refractivity contribution in [1.82, 2.24) is 9.97 Å². The van der Waals surface area contributed by atoms with E-state index in [1.165, 1.54) is 26.5 Å². The SMILES string of the molecule is COC(=O)c1cnc2[nH]cc(Cc3cc(OC)c(OCC4Nc5ccccc5N4)cc3F)c2c1. The van der Waals surface area contributed by atoms with E-state index >= 15 is 4.39 Å². The lowest BCUT2D eigenvalue weighted by Gasteiger charge is -2.17. The number of pyridine rings is 1. The van der Waals surface area contributed by atoms with Crippen LogP contribution in [0.15, 0.2) is 54.9 Å². The number of carbonyl (C=O) groups is 1. The van der Waals surface area contributed by atoms with Gasteiger partial charge in [-0.25, -0.2) is 14.2 Å². The molecular formula is C25H23FN4O4. The van der Waals surface area contributed by atoms with Crippen LogP contribution < -0.4 is 20.1 Å². The minimum Gasteiger partial charge on any atom is -0.493 e. The first kappa shape index (κ1) is 21.6. The number of esters is 1. The smallest absolute Gasteiger partial charge is 0.339 e. The number of nitrogens with one attached hydrogen (secondary N) is 3. The van der Waals surface area contributed by atoms with Crippen LogP contribution >= 0.6 is 0 Å². The van der Waals surface area contributed by atoms with E-state index in [4.69, 9.17) is 14.2 Å². The average Bonchev–Trinajstić information content (AvgIpc) is 3.46. The highest BCUT2D eigenvalue weighted by Crippen LogP contribution is 2.33. The quantitative estimate of drug-likeness (QED) is 0.352. The molecule has 0 saturated carbocycles. The van der Waals surface area contributed by atoms with Crippen molar-refractivity contribution in [3.63, 3.8) is 0 Å². The predicted octanol–water partition coefficient (Wildman–Crippen LogP) is 4.33. The topological polar surface area (TPSA) is 97.5 Å². The molecular weight excluding hydrogens is 439 g/mol. The van der Waals surface area contributed by atoms with Gasteiger partial charge in [0.1, 0.15) is 24.2 Å². The van der Waals surface area contributed by atoms with E-state index in [2.05, 4.69) is 20.6 Å². The fraction of sp³-hybridized carbons (Fsp3) is 0.200. The van der Waals surface area contributed by atoms with Crippen molar-refractivity contribution < 1.29 is 23.4 Å². The summed E-state index contributed by atoms with van der Waals surface area (Å²) < 4.78 is 31.2. The zero-order chi connectivity index (χ0) is 23.7. The molecule has 4 aromatic rings. The van der Waals surface area contributed by atoms with Gasteiger partial charge in [0.25, 0.3) is 0 Å². The van der Waals surface area contributed by atoms with Crippen molar-refractivity contribution in [2.75, 3.05) is 31.5 Å². The van der Waals surface area contributed by atoms with E-state index in [1.54, 1.807) is 18.3 Å². The minimum atomic E-state index is -0.481. The monoisotopic (exact) mass is 462 g/mol. The van der Waals surface area contributed by atoms with Gasteiger partial charge in [0.2, 0.25) is 0 Å². The van der Waals surface area contributed by atoms with Gasteiger partial charge < -0.3 is 29.8 Å². The molecule has 0 radical (unpaired) electrons. The van der Waals surface area contributed by atoms with Crippen molar-refractivity contribution >= 4 is 28.4 Å². The van der Waals surface area contributed by atoms with Crippen molar-refractivity contribution in [1.29, 1.82) is 0 Å². The minimum absolute atomic E-state index is 0.146. The van der Waals surface area contributed by atoms with Crippen LogP contribution in [0.3, 0.4) is 0 Å². The number of carbonyl (C=O) groups excluding carboxylic acids is 1. The molecule has 34 heavy (non-hydrogen) atoms. The zero-order valence-electron chi connectivity index (χ0n) is 18.6. The van der Waals surface area contributed by atoms with Crippen molar-refractivity contribution in [3.05, 3.63) is 77.4 Å². The van der Waals surface area contributed by atoms with Crippen LogP contribution in [0.5, 0.6) is 11.5 Å². The third-order valence-electron chi connectivity index (χ3n) is 5.74. The Hall–Kier alpha value is -4.27. The Balaban J connectivity index is 1.34. The van der Waals surface area contributed by atoms with Gasteiger partial charge in [-0.2, -0.15) is 0 Å². The van der Waals surface area contributed by atoms with Crippen LogP contribution in [-0.4, -0.2) is 42.9 Å². The molecule has 9 heteroatoms.